The molecule has 8 heteroatoms. The quantitative estimate of drug-likeness (QED) is 0.565. The Bertz CT molecular complexity index is 711. The molecule has 0 saturated heterocycles. The van der Waals surface area contributed by atoms with E-state index in [4.69, 9.17) is 15.2 Å². The lowest BCUT2D eigenvalue weighted by molar-refractivity contribution is 0.0791. The van der Waals surface area contributed by atoms with Gasteiger partial charge in [-0.2, -0.15) is 0 Å². The average Bonchev–Trinajstić information content (AvgIpc) is 2.60. The van der Waals surface area contributed by atoms with Crippen LogP contribution in [0.2, 0.25) is 0 Å². The second kappa shape index (κ2) is 9.53. The summed E-state index contributed by atoms with van der Waals surface area (Å²) in [6.07, 6.45) is -1.10. The fraction of sp³-hybridized carbons (Fsp3) is 0.294. The summed E-state index contributed by atoms with van der Waals surface area (Å²) >= 11 is 0. The summed E-state index contributed by atoms with van der Waals surface area (Å²) in [6, 6.07) is 10.9. The molecule has 0 atom stereocenters. The summed E-state index contributed by atoms with van der Waals surface area (Å²) in [4.78, 5) is 8.16. The maximum atomic E-state index is 12.3. The van der Waals surface area contributed by atoms with E-state index in [1.807, 2.05) is 24.3 Å². The van der Waals surface area contributed by atoms with Gasteiger partial charge in [0.15, 0.2) is 12.6 Å². The van der Waals surface area contributed by atoms with E-state index in [0.29, 0.717) is 12.2 Å². The van der Waals surface area contributed by atoms with Crippen molar-refractivity contribution in [2.75, 3.05) is 19.0 Å². The number of alkyl halides is 2. The molecule has 0 saturated carbocycles. The first kappa shape index (κ1) is 18.6. The van der Waals surface area contributed by atoms with E-state index in [1.165, 1.54) is 6.20 Å². The van der Waals surface area contributed by atoms with Crippen molar-refractivity contribution >= 4 is 11.6 Å². The summed E-state index contributed by atoms with van der Waals surface area (Å²) in [6.45, 7) is -0.131. The molecule has 1 aromatic heterocycles. The fourth-order valence-electron chi connectivity index (χ4n) is 2.09. The predicted molar refractivity (Wildman–Crippen MR) is 91.8 cm³/mol. The van der Waals surface area contributed by atoms with Gasteiger partial charge in [-0.05, 0) is 12.1 Å². The molecular weight excluding hydrogens is 330 g/mol. The lowest BCUT2D eigenvalue weighted by atomic mass is 10.2. The first-order valence-corrected chi connectivity index (χ1v) is 7.58. The van der Waals surface area contributed by atoms with Gasteiger partial charge in [-0.1, -0.05) is 24.3 Å². The van der Waals surface area contributed by atoms with Gasteiger partial charge in [-0.25, -0.2) is 18.8 Å². The normalized spacial score (nSPS) is 11.6. The van der Waals surface area contributed by atoms with Crippen LogP contribution in [0.5, 0.6) is 5.88 Å². The monoisotopic (exact) mass is 350 g/mol. The van der Waals surface area contributed by atoms with Crippen LogP contribution >= 0.6 is 0 Å². The number of nitrogens with two attached hydrogens (primary N) is 1. The largest absolute Gasteiger partial charge is 0.471 e. The molecule has 0 fully saturated rings. The number of hydrogen-bond donors (Lipinski definition) is 2. The van der Waals surface area contributed by atoms with Gasteiger partial charge < -0.3 is 20.5 Å². The summed E-state index contributed by atoms with van der Waals surface area (Å²) in [5.74, 6) is 0.311. The Kier molecular flexibility index (Phi) is 7.09. The number of aromatic nitrogens is 1. The van der Waals surface area contributed by atoms with Crippen molar-refractivity contribution in [3.05, 3.63) is 53.7 Å². The molecule has 0 spiro atoms. The molecule has 0 aliphatic carbocycles. The van der Waals surface area contributed by atoms with Crippen molar-refractivity contribution in [3.63, 3.8) is 0 Å². The van der Waals surface area contributed by atoms with Gasteiger partial charge in [0.2, 0.25) is 5.88 Å². The molecule has 1 aromatic carbocycles. The molecule has 0 unspecified atom stereocenters. The smallest absolute Gasteiger partial charge is 0.272 e. The number of pyridine rings is 1. The van der Waals surface area contributed by atoms with E-state index >= 15 is 0 Å². The molecule has 0 radical (unpaired) electrons. The third kappa shape index (κ3) is 6.00. The number of methoxy groups -OCH3 is 1. The van der Waals surface area contributed by atoms with Crippen molar-refractivity contribution in [3.8, 4) is 5.88 Å². The number of nitrogens with zero attached hydrogens (tertiary/aromatic N) is 2. The molecule has 6 nitrogen and oxygen atoms in total. The van der Waals surface area contributed by atoms with Gasteiger partial charge in [0.1, 0.15) is 0 Å². The minimum atomic E-state index is -2.57. The van der Waals surface area contributed by atoms with Crippen molar-refractivity contribution < 1.29 is 18.3 Å². The summed E-state index contributed by atoms with van der Waals surface area (Å²) in [7, 11) is 1.61. The number of guanidine groups is 1. The third-order valence-electron chi connectivity index (χ3n) is 3.20. The number of rotatable bonds is 8. The van der Waals surface area contributed by atoms with Gasteiger partial charge in [-0.15, -0.1) is 0 Å². The van der Waals surface area contributed by atoms with Crippen LogP contribution in [0.25, 0.3) is 0 Å². The van der Waals surface area contributed by atoms with Gasteiger partial charge in [-0.3, -0.25) is 0 Å². The van der Waals surface area contributed by atoms with E-state index in [1.54, 1.807) is 19.2 Å². The molecule has 0 aliphatic rings. The Morgan fingerprint density at radius 3 is 2.76 bits per heavy atom. The first-order valence-electron chi connectivity index (χ1n) is 7.58. The van der Waals surface area contributed by atoms with E-state index < -0.39 is 13.0 Å². The van der Waals surface area contributed by atoms with E-state index in [0.717, 1.165) is 11.3 Å². The van der Waals surface area contributed by atoms with Crippen molar-refractivity contribution in [1.82, 2.24) is 4.98 Å². The van der Waals surface area contributed by atoms with Crippen LogP contribution in [-0.2, 0) is 17.9 Å². The molecular formula is C17H20F2N4O2. The molecule has 0 bridgehead atoms. The third-order valence-corrected chi connectivity index (χ3v) is 3.20. The topological polar surface area (TPSA) is 81.8 Å². The number of hydrogen-bond acceptors (Lipinski definition) is 4. The lowest BCUT2D eigenvalue weighted by Crippen LogP contribution is -2.23. The van der Waals surface area contributed by atoms with Gasteiger partial charge in [0, 0.05) is 30.1 Å². The maximum absolute atomic E-state index is 12.3. The molecule has 3 N–H and O–H groups in total. The van der Waals surface area contributed by atoms with Crippen molar-refractivity contribution in [2.45, 2.75) is 19.6 Å². The summed E-state index contributed by atoms with van der Waals surface area (Å²) < 4.78 is 34.7. The summed E-state index contributed by atoms with van der Waals surface area (Å²) in [5, 5.41) is 3.00. The number of anilines is 1. The minimum absolute atomic E-state index is 0.124. The van der Waals surface area contributed by atoms with Gasteiger partial charge >= 0.3 is 0 Å². The van der Waals surface area contributed by atoms with Crippen molar-refractivity contribution in [2.24, 2.45) is 10.7 Å². The van der Waals surface area contributed by atoms with E-state index in [9.17, 15) is 8.78 Å². The van der Waals surface area contributed by atoms with Gasteiger partial charge in [0.05, 0.1) is 13.2 Å². The Morgan fingerprint density at radius 1 is 1.24 bits per heavy atom. The van der Waals surface area contributed by atoms with Crippen LogP contribution < -0.4 is 15.8 Å². The first-order chi connectivity index (χ1) is 12.1. The highest BCUT2D eigenvalue weighted by atomic mass is 19.3. The highest BCUT2D eigenvalue weighted by Crippen LogP contribution is 2.17. The standard InChI is InChI=1S/C17H20F2N4O2/c1-24-10-13-5-2-3-7-14(13)23-17(20)22-9-12-6-4-8-21-16(12)25-11-15(18)19/h2-8,15H,9-11H2,1H3,(H3,20,22,23). The zero-order valence-corrected chi connectivity index (χ0v) is 13.8. The number of para-hydroxylation sites is 1. The highest BCUT2D eigenvalue weighted by molar-refractivity contribution is 5.92. The number of halogens is 2. The van der Waals surface area contributed by atoms with Crippen LogP contribution in [0.3, 0.4) is 0 Å². The highest BCUT2D eigenvalue weighted by Gasteiger charge is 2.09. The second-order valence-electron chi connectivity index (χ2n) is 5.09. The number of aliphatic imine (C=N–C) groups is 1. The van der Waals surface area contributed by atoms with Crippen LogP contribution in [0.4, 0.5) is 14.5 Å². The molecule has 0 amide bonds. The molecule has 0 aliphatic heterocycles. The molecule has 2 aromatic rings. The molecule has 2 rings (SSSR count). The maximum Gasteiger partial charge on any atom is 0.272 e. The Balaban J connectivity index is 2.04. The average molecular weight is 350 g/mol. The predicted octanol–water partition coefficient (Wildman–Crippen LogP) is 2.80. The van der Waals surface area contributed by atoms with E-state index in [-0.39, 0.29) is 18.4 Å². The SMILES string of the molecule is COCc1ccccc1NC(N)=NCc1cccnc1OCC(F)F. The van der Waals surface area contributed by atoms with Crippen LogP contribution in [0, 0.1) is 0 Å². The van der Waals surface area contributed by atoms with Crippen LogP contribution in [-0.4, -0.2) is 31.1 Å². The lowest BCUT2D eigenvalue weighted by Gasteiger charge is -2.11. The molecule has 134 valence electrons. The zero-order valence-electron chi connectivity index (χ0n) is 13.8. The summed E-state index contributed by atoms with van der Waals surface area (Å²) in [5.41, 5.74) is 8.19. The number of ether oxygens (including phenoxy) is 2. The Morgan fingerprint density at radius 2 is 2.00 bits per heavy atom. The Labute approximate surface area is 144 Å². The number of nitrogens with one attached hydrogen (secondary N) is 1. The molecule has 1 heterocycles. The van der Waals surface area contributed by atoms with Crippen LogP contribution in [0.1, 0.15) is 11.1 Å². The zero-order chi connectivity index (χ0) is 18.1. The molecule has 25 heavy (non-hydrogen) atoms. The van der Waals surface area contributed by atoms with Gasteiger partial charge in [0.25, 0.3) is 6.43 Å². The number of benzene rings is 1. The fourth-order valence-corrected chi connectivity index (χ4v) is 2.09. The van der Waals surface area contributed by atoms with E-state index in [2.05, 4.69) is 15.3 Å². The van der Waals surface area contributed by atoms with Crippen LogP contribution in [0.15, 0.2) is 47.6 Å². The second-order valence-corrected chi connectivity index (χ2v) is 5.09. The Hall–Kier alpha value is -2.74. The van der Waals surface area contributed by atoms with Crippen molar-refractivity contribution in [1.29, 1.82) is 0 Å². The minimum Gasteiger partial charge on any atom is -0.471 e.